The van der Waals surface area contributed by atoms with E-state index in [4.69, 9.17) is 0 Å². The highest BCUT2D eigenvalue weighted by Gasteiger charge is 2.00. The molecule has 0 aromatic carbocycles. The molecule has 0 fully saturated rings. The van der Waals surface area contributed by atoms with E-state index in [0.29, 0.717) is 0 Å². The summed E-state index contributed by atoms with van der Waals surface area (Å²) < 4.78 is 2.95. The molecule has 0 atom stereocenters. The lowest BCUT2D eigenvalue weighted by atomic mass is 10.2. The summed E-state index contributed by atoms with van der Waals surface area (Å²) in [5.74, 6) is 0. The van der Waals surface area contributed by atoms with Gasteiger partial charge in [-0.1, -0.05) is 0 Å². The second-order valence-electron chi connectivity index (χ2n) is 2.97. The Balaban J connectivity index is 2.88. The van der Waals surface area contributed by atoms with Crippen LogP contribution in [0.4, 0.5) is 0 Å². The average molecular weight is 225 g/mol. The van der Waals surface area contributed by atoms with Crippen molar-refractivity contribution in [2.45, 2.75) is 13.8 Å². The van der Waals surface area contributed by atoms with Crippen LogP contribution in [0.2, 0.25) is 0 Å². The number of rotatable bonds is 0. The topological polar surface area (TPSA) is 17.3 Å². The Morgan fingerprint density at radius 3 is 2.83 bits per heavy atom. The molecule has 0 bridgehead atoms. The number of halogens is 1. The molecular weight excluding hydrogens is 216 g/mol. The molecule has 0 N–H and O–H groups in total. The highest BCUT2D eigenvalue weighted by Crippen LogP contribution is 2.14. The van der Waals surface area contributed by atoms with Crippen molar-refractivity contribution in [1.29, 1.82) is 0 Å². The molecule has 0 spiro atoms. The van der Waals surface area contributed by atoms with Gasteiger partial charge in [0.25, 0.3) is 0 Å². The minimum absolute atomic E-state index is 0.885. The predicted molar refractivity (Wildman–Crippen MR) is 52.4 cm³/mol. The molecular formula is C9H9BrN2. The molecule has 62 valence electrons. The number of hydrogen-bond donors (Lipinski definition) is 0. The maximum atomic E-state index is 4.31. The Morgan fingerprint density at radius 1 is 1.33 bits per heavy atom. The quantitative estimate of drug-likeness (QED) is 0.673. The van der Waals surface area contributed by atoms with E-state index in [1.54, 1.807) is 0 Å². The second kappa shape index (κ2) is 2.59. The van der Waals surface area contributed by atoms with Crippen LogP contribution in [0.25, 0.3) is 5.65 Å². The maximum absolute atomic E-state index is 4.31. The van der Waals surface area contributed by atoms with Crippen LogP contribution in [-0.2, 0) is 0 Å². The van der Waals surface area contributed by atoms with Gasteiger partial charge in [0.1, 0.15) is 10.3 Å². The first kappa shape index (κ1) is 7.80. The third-order valence-electron chi connectivity index (χ3n) is 1.88. The Kier molecular flexibility index (Phi) is 1.68. The van der Waals surface area contributed by atoms with E-state index in [-0.39, 0.29) is 0 Å². The number of hydrogen-bond acceptors (Lipinski definition) is 1. The fourth-order valence-corrected chi connectivity index (χ4v) is 1.78. The molecule has 2 rings (SSSR count). The Bertz CT molecular complexity index is 431. The molecule has 0 saturated carbocycles. The third kappa shape index (κ3) is 1.14. The molecule has 0 aliphatic rings. The van der Waals surface area contributed by atoms with E-state index < -0.39 is 0 Å². The van der Waals surface area contributed by atoms with Crippen molar-refractivity contribution in [3.8, 4) is 0 Å². The van der Waals surface area contributed by atoms with Crippen LogP contribution in [-0.4, -0.2) is 9.38 Å². The van der Waals surface area contributed by atoms with Gasteiger partial charge in [0, 0.05) is 11.9 Å². The van der Waals surface area contributed by atoms with Gasteiger partial charge in [-0.05, 0) is 47.5 Å². The first-order valence-corrected chi connectivity index (χ1v) is 4.58. The smallest absolute Gasteiger partial charge is 0.138 e. The number of nitrogens with zero attached hydrogens (tertiary/aromatic N) is 2. The van der Waals surface area contributed by atoms with Crippen LogP contribution in [0, 0.1) is 13.8 Å². The lowest BCUT2D eigenvalue weighted by molar-refractivity contribution is 1.08. The molecule has 0 radical (unpaired) electrons. The molecule has 12 heavy (non-hydrogen) atoms. The van der Waals surface area contributed by atoms with Crippen molar-refractivity contribution in [2.75, 3.05) is 0 Å². The summed E-state index contributed by atoms with van der Waals surface area (Å²) >= 11 is 3.35. The van der Waals surface area contributed by atoms with Crippen molar-refractivity contribution >= 4 is 21.6 Å². The van der Waals surface area contributed by atoms with E-state index in [9.17, 15) is 0 Å². The van der Waals surface area contributed by atoms with Crippen molar-refractivity contribution in [2.24, 2.45) is 0 Å². The van der Waals surface area contributed by atoms with Crippen LogP contribution >= 0.6 is 15.9 Å². The summed E-state index contributed by atoms with van der Waals surface area (Å²) in [6.45, 7) is 4.16. The van der Waals surface area contributed by atoms with E-state index in [1.165, 1.54) is 11.3 Å². The van der Waals surface area contributed by atoms with Crippen molar-refractivity contribution in [3.63, 3.8) is 0 Å². The van der Waals surface area contributed by atoms with Crippen molar-refractivity contribution in [1.82, 2.24) is 9.38 Å². The maximum Gasteiger partial charge on any atom is 0.138 e. The van der Waals surface area contributed by atoms with Gasteiger partial charge < -0.3 is 4.40 Å². The van der Waals surface area contributed by atoms with E-state index >= 15 is 0 Å². The number of fused-ring (bicyclic) bond motifs is 1. The normalized spacial score (nSPS) is 10.9. The number of aryl methyl sites for hydroxylation is 2. The largest absolute Gasteiger partial charge is 0.303 e. The lowest BCUT2D eigenvalue weighted by Crippen LogP contribution is -1.89. The highest BCUT2D eigenvalue weighted by atomic mass is 79.9. The minimum atomic E-state index is 0.885. The molecule has 0 unspecified atom stereocenters. The summed E-state index contributed by atoms with van der Waals surface area (Å²) in [6, 6.07) is 4.21. The molecule has 2 nitrogen and oxygen atoms in total. The van der Waals surface area contributed by atoms with Crippen LogP contribution in [0.1, 0.15) is 11.3 Å². The summed E-state index contributed by atoms with van der Waals surface area (Å²) in [5, 5.41) is 0. The third-order valence-corrected chi connectivity index (χ3v) is 2.26. The Morgan fingerprint density at radius 2 is 2.08 bits per heavy atom. The Hall–Kier alpha value is -0.830. The predicted octanol–water partition coefficient (Wildman–Crippen LogP) is 2.71. The van der Waals surface area contributed by atoms with Crippen LogP contribution < -0.4 is 0 Å². The van der Waals surface area contributed by atoms with Gasteiger partial charge >= 0.3 is 0 Å². The first-order chi connectivity index (χ1) is 5.66. The number of imidazole rings is 1. The molecule has 2 heterocycles. The van der Waals surface area contributed by atoms with Crippen molar-refractivity contribution < 1.29 is 0 Å². The van der Waals surface area contributed by atoms with Gasteiger partial charge in [-0.15, -0.1) is 0 Å². The first-order valence-electron chi connectivity index (χ1n) is 3.78. The molecule has 0 amide bonds. The van der Waals surface area contributed by atoms with Crippen LogP contribution in [0.15, 0.2) is 22.9 Å². The number of aromatic nitrogens is 2. The SMILES string of the molecule is Cc1cc(C)n2cc(Br)nc2c1. The fraction of sp³-hybridized carbons (Fsp3) is 0.222. The van der Waals surface area contributed by atoms with Gasteiger partial charge in [0.05, 0.1) is 0 Å². The molecule has 0 aliphatic carbocycles. The zero-order valence-electron chi connectivity index (χ0n) is 7.00. The van der Waals surface area contributed by atoms with E-state index in [0.717, 1.165) is 10.3 Å². The minimum Gasteiger partial charge on any atom is -0.303 e. The van der Waals surface area contributed by atoms with Gasteiger partial charge in [-0.3, -0.25) is 0 Å². The van der Waals surface area contributed by atoms with Gasteiger partial charge in [0.15, 0.2) is 0 Å². The molecule has 2 aromatic rings. The van der Waals surface area contributed by atoms with Crippen molar-refractivity contribution in [3.05, 3.63) is 34.2 Å². The standard InChI is InChI=1S/C9H9BrN2/c1-6-3-7(2)12-5-8(10)11-9(12)4-6/h3-5H,1-2H3. The monoisotopic (exact) mass is 224 g/mol. The van der Waals surface area contributed by atoms with Crippen LogP contribution in [0.3, 0.4) is 0 Å². The summed E-state index contributed by atoms with van der Waals surface area (Å²) in [6.07, 6.45) is 1.98. The zero-order chi connectivity index (χ0) is 8.72. The number of pyridine rings is 1. The molecule has 3 heteroatoms. The lowest BCUT2D eigenvalue weighted by Gasteiger charge is -1.99. The van der Waals surface area contributed by atoms with E-state index in [2.05, 4.69) is 51.3 Å². The fourth-order valence-electron chi connectivity index (χ4n) is 1.39. The Labute approximate surface area is 79.4 Å². The van der Waals surface area contributed by atoms with Crippen LogP contribution in [0.5, 0.6) is 0 Å². The molecule has 0 saturated heterocycles. The second-order valence-corrected chi connectivity index (χ2v) is 3.78. The zero-order valence-corrected chi connectivity index (χ0v) is 8.59. The highest BCUT2D eigenvalue weighted by molar-refractivity contribution is 9.10. The summed E-state index contributed by atoms with van der Waals surface area (Å²) in [7, 11) is 0. The van der Waals surface area contributed by atoms with E-state index in [1.807, 2.05) is 6.20 Å². The average Bonchev–Trinajstić information content (AvgIpc) is 2.29. The summed E-state index contributed by atoms with van der Waals surface area (Å²) in [4.78, 5) is 4.31. The van der Waals surface area contributed by atoms with Gasteiger partial charge in [-0.25, -0.2) is 4.98 Å². The van der Waals surface area contributed by atoms with Gasteiger partial charge in [0.2, 0.25) is 0 Å². The van der Waals surface area contributed by atoms with Gasteiger partial charge in [-0.2, -0.15) is 0 Å². The summed E-state index contributed by atoms with van der Waals surface area (Å²) in [5.41, 5.74) is 3.46. The molecule has 2 aromatic heterocycles. The molecule has 0 aliphatic heterocycles.